The van der Waals surface area contributed by atoms with E-state index in [1.807, 2.05) is 6.92 Å². The number of nitrogens with zero attached hydrogens (tertiary/aromatic N) is 2. The van der Waals surface area contributed by atoms with Gasteiger partial charge in [-0.05, 0) is 37.8 Å². The zero-order valence-electron chi connectivity index (χ0n) is 17.2. The zero-order valence-corrected chi connectivity index (χ0v) is 17.2. The maximum atomic E-state index is 13.5. The Morgan fingerprint density at radius 2 is 1.80 bits per heavy atom. The van der Waals surface area contributed by atoms with Crippen molar-refractivity contribution in [2.45, 2.75) is 51.1 Å². The second-order valence-corrected chi connectivity index (χ2v) is 8.59. The van der Waals surface area contributed by atoms with Crippen LogP contribution in [0.25, 0.3) is 10.9 Å². The average Bonchev–Trinajstić information content (AvgIpc) is 3.15. The van der Waals surface area contributed by atoms with Crippen LogP contribution in [0.5, 0.6) is 0 Å². The monoisotopic (exact) mass is 418 g/mol. The van der Waals surface area contributed by atoms with Crippen molar-refractivity contribution in [3.8, 4) is 0 Å². The summed E-state index contributed by atoms with van der Waals surface area (Å²) in [5, 5.41) is 0.442. The van der Waals surface area contributed by atoms with Crippen LogP contribution in [-0.4, -0.2) is 58.3 Å². The van der Waals surface area contributed by atoms with Gasteiger partial charge in [0.25, 0.3) is 5.91 Å². The van der Waals surface area contributed by atoms with Gasteiger partial charge in [0, 0.05) is 42.6 Å². The largest absolute Gasteiger partial charge is 0.350 e. The summed E-state index contributed by atoms with van der Waals surface area (Å²) < 4.78 is 26.9. The lowest BCUT2D eigenvalue weighted by atomic mass is 9.83. The van der Waals surface area contributed by atoms with Crippen molar-refractivity contribution < 1.29 is 18.4 Å². The Morgan fingerprint density at radius 1 is 1.10 bits per heavy atom. The summed E-state index contributed by atoms with van der Waals surface area (Å²) in [6.45, 7) is 3.14. The van der Waals surface area contributed by atoms with E-state index >= 15 is 0 Å². The zero-order chi connectivity index (χ0) is 21.4. The number of benzene rings is 1. The number of aromatic amines is 1. The first kappa shape index (κ1) is 20.8. The molecule has 8 heteroatoms. The molecule has 2 amide bonds. The van der Waals surface area contributed by atoms with Gasteiger partial charge in [0.05, 0.1) is 6.04 Å². The highest BCUT2D eigenvalue weighted by atomic mass is 19.2. The van der Waals surface area contributed by atoms with Gasteiger partial charge in [-0.25, -0.2) is 8.78 Å². The standard InChI is InChI=1S/C22H28F2N4O2/c1-13-12-27(22(30)20(25)14-5-3-2-4-6-14)7-8-28(13)21(29)19-10-15-9-16(23)17(24)11-18(15)26-19/h9-11,13-14,20,26H,2-8,12,25H2,1H3/t13-,20-/m0/s1. The highest BCUT2D eigenvalue weighted by molar-refractivity contribution is 5.98. The lowest BCUT2D eigenvalue weighted by Crippen LogP contribution is -2.59. The predicted molar refractivity (Wildman–Crippen MR) is 110 cm³/mol. The smallest absolute Gasteiger partial charge is 0.270 e. The first-order chi connectivity index (χ1) is 14.3. The molecular formula is C22H28F2N4O2. The summed E-state index contributed by atoms with van der Waals surface area (Å²) in [5.41, 5.74) is 6.93. The molecule has 0 bridgehead atoms. The van der Waals surface area contributed by atoms with E-state index in [1.165, 1.54) is 12.5 Å². The fourth-order valence-corrected chi connectivity index (χ4v) is 4.76. The fourth-order valence-electron chi connectivity index (χ4n) is 4.76. The van der Waals surface area contributed by atoms with Crippen molar-refractivity contribution in [3.05, 3.63) is 35.5 Å². The fraction of sp³-hybridized carbons (Fsp3) is 0.545. The number of rotatable bonds is 3. The van der Waals surface area contributed by atoms with Crippen molar-refractivity contribution in [1.82, 2.24) is 14.8 Å². The summed E-state index contributed by atoms with van der Waals surface area (Å²) in [4.78, 5) is 32.2. The third-order valence-electron chi connectivity index (χ3n) is 6.53. The molecule has 2 aromatic rings. The van der Waals surface area contributed by atoms with E-state index in [1.54, 1.807) is 9.80 Å². The number of aromatic nitrogens is 1. The SMILES string of the molecule is C[C@H]1CN(C(=O)[C@@H](N)C2CCCCC2)CCN1C(=O)c1cc2cc(F)c(F)cc2[nH]1. The van der Waals surface area contributed by atoms with Gasteiger partial charge >= 0.3 is 0 Å². The lowest BCUT2D eigenvalue weighted by molar-refractivity contribution is -0.136. The molecule has 1 saturated carbocycles. The van der Waals surface area contributed by atoms with E-state index in [0.717, 1.165) is 37.8 Å². The van der Waals surface area contributed by atoms with Gasteiger partial charge in [0.1, 0.15) is 5.69 Å². The number of nitrogens with two attached hydrogens (primary N) is 1. The Kier molecular flexibility index (Phi) is 5.77. The lowest BCUT2D eigenvalue weighted by Gasteiger charge is -2.41. The highest BCUT2D eigenvalue weighted by Gasteiger charge is 2.35. The molecule has 2 heterocycles. The minimum atomic E-state index is -0.960. The molecule has 0 radical (unpaired) electrons. The molecule has 3 N–H and O–H groups in total. The first-order valence-electron chi connectivity index (χ1n) is 10.7. The van der Waals surface area contributed by atoms with Gasteiger partial charge in [-0.1, -0.05) is 19.3 Å². The number of carbonyl (C=O) groups excluding carboxylic acids is 2. The topological polar surface area (TPSA) is 82.4 Å². The van der Waals surface area contributed by atoms with E-state index in [-0.39, 0.29) is 29.5 Å². The van der Waals surface area contributed by atoms with Gasteiger partial charge in [0.2, 0.25) is 5.91 Å². The van der Waals surface area contributed by atoms with Gasteiger partial charge in [-0.15, -0.1) is 0 Å². The van der Waals surface area contributed by atoms with Crippen LogP contribution in [0, 0.1) is 17.6 Å². The molecule has 1 aromatic heterocycles. The second-order valence-electron chi connectivity index (χ2n) is 8.59. The van der Waals surface area contributed by atoms with Crippen LogP contribution in [0.4, 0.5) is 8.78 Å². The van der Waals surface area contributed by atoms with Gasteiger partial charge < -0.3 is 20.5 Å². The molecule has 1 aromatic carbocycles. The molecule has 1 saturated heterocycles. The Balaban J connectivity index is 1.42. The van der Waals surface area contributed by atoms with Crippen LogP contribution >= 0.6 is 0 Å². The van der Waals surface area contributed by atoms with Gasteiger partial charge in [-0.3, -0.25) is 9.59 Å². The molecule has 6 nitrogen and oxygen atoms in total. The number of H-pyrrole nitrogens is 1. The quantitative estimate of drug-likeness (QED) is 0.804. The van der Waals surface area contributed by atoms with Crippen LogP contribution in [0.3, 0.4) is 0 Å². The van der Waals surface area contributed by atoms with E-state index < -0.39 is 17.7 Å². The molecule has 2 fully saturated rings. The summed E-state index contributed by atoms with van der Waals surface area (Å²) in [6.07, 6.45) is 5.47. The molecule has 1 aliphatic heterocycles. The highest BCUT2D eigenvalue weighted by Crippen LogP contribution is 2.27. The molecule has 1 aliphatic carbocycles. The second kappa shape index (κ2) is 8.34. The van der Waals surface area contributed by atoms with Crippen LogP contribution < -0.4 is 5.73 Å². The molecule has 0 unspecified atom stereocenters. The van der Waals surface area contributed by atoms with E-state index in [9.17, 15) is 18.4 Å². The first-order valence-corrected chi connectivity index (χ1v) is 10.7. The number of fused-ring (bicyclic) bond motifs is 1. The average molecular weight is 418 g/mol. The Bertz CT molecular complexity index is 915. The van der Waals surface area contributed by atoms with E-state index in [4.69, 9.17) is 5.73 Å². The summed E-state index contributed by atoms with van der Waals surface area (Å²) in [5.74, 6) is -1.94. The third kappa shape index (κ3) is 3.93. The minimum Gasteiger partial charge on any atom is -0.350 e. The van der Waals surface area contributed by atoms with Crippen molar-refractivity contribution in [2.75, 3.05) is 19.6 Å². The van der Waals surface area contributed by atoms with E-state index in [0.29, 0.717) is 30.5 Å². The Hall–Kier alpha value is -2.48. The maximum Gasteiger partial charge on any atom is 0.270 e. The van der Waals surface area contributed by atoms with Crippen molar-refractivity contribution in [3.63, 3.8) is 0 Å². The Labute approximate surface area is 174 Å². The summed E-state index contributed by atoms with van der Waals surface area (Å²) >= 11 is 0. The number of piperazine rings is 1. The molecule has 30 heavy (non-hydrogen) atoms. The predicted octanol–water partition coefficient (Wildman–Crippen LogP) is 3.03. The number of carbonyl (C=O) groups is 2. The minimum absolute atomic E-state index is 0.0302. The van der Waals surface area contributed by atoms with Crippen LogP contribution in [0.2, 0.25) is 0 Å². The van der Waals surface area contributed by atoms with Gasteiger partial charge in [0.15, 0.2) is 11.6 Å². The number of halogens is 2. The van der Waals surface area contributed by atoms with E-state index in [2.05, 4.69) is 4.98 Å². The normalized spacial score (nSPS) is 21.8. The maximum absolute atomic E-state index is 13.5. The van der Waals surface area contributed by atoms with Crippen molar-refractivity contribution in [1.29, 1.82) is 0 Å². The molecule has 4 rings (SSSR count). The van der Waals surface area contributed by atoms with Crippen LogP contribution in [0.15, 0.2) is 18.2 Å². The third-order valence-corrected chi connectivity index (χ3v) is 6.53. The number of hydrogen-bond acceptors (Lipinski definition) is 3. The molecule has 2 atom stereocenters. The van der Waals surface area contributed by atoms with Crippen molar-refractivity contribution in [2.24, 2.45) is 11.7 Å². The number of amides is 2. The van der Waals surface area contributed by atoms with Gasteiger partial charge in [-0.2, -0.15) is 0 Å². The Morgan fingerprint density at radius 3 is 2.50 bits per heavy atom. The van der Waals surface area contributed by atoms with Crippen LogP contribution in [0.1, 0.15) is 49.5 Å². The molecule has 162 valence electrons. The number of nitrogens with one attached hydrogen (secondary N) is 1. The number of hydrogen-bond donors (Lipinski definition) is 2. The molecule has 0 spiro atoms. The molecular weight excluding hydrogens is 390 g/mol. The van der Waals surface area contributed by atoms with Crippen molar-refractivity contribution >= 4 is 22.7 Å². The molecule has 2 aliphatic rings. The van der Waals surface area contributed by atoms with Crippen LogP contribution in [-0.2, 0) is 4.79 Å². The summed E-state index contributed by atoms with van der Waals surface area (Å²) in [6, 6.07) is 2.99. The summed E-state index contributed by atoms with van der Waals surface area (Å²) in [7, 11) is 0.